The molecule has 0 bridgehead atoms. The smallest absolute Gasteiger partial charge is 0.347 e. The Morgan fingerprint density at radius 1 is 0.724 bits per heavy atom. The summed E-state index contributed by atoms with van der Waals surface area (Å²) in [6.45, 7) is 5.42. The van der Waals surface area contributed by atoms with Crippen molar-refractivity contribution >= 4 is 17.5 Å². The summed E-state index contributed by atoms with van der Waals surface area (Å²) < 4.78 is 11.1. The highest BCUT2D eigenvalue weighted by molar-refractivity contribution is 6.22. The third-order valence-electron chi connectivity index (χ3n) is 4.95. The van der Waals surface area contributed by atoms with Gasteiger partial charge in [0.25, 0.3) is 0 Å². The lowest BCUT2D eigenvalue weighted by Crippen LogP contribution is -1.99. The van der Waals surface area contributed by atoms with Crippen molar-refractivity contribution in [2.45, 2.75) is 20.8 Å². The van der Waals surface area contributed by atoms with Gasteiger partial charge in [-0.2, -0.15) is 0 Å². The van der Waals surface area contributed by atoms with Crippen molar-refractivity contribution in [2.75, 3.05) is 0 Å². The number of hydrogen-bond acceptors (Lipinski definition) is 4. The van der Waals surface area contributed by atoms with E-state index in [-0.39, 0.29) is 0 Å². The maximum Gasteiger partial charge on any atom is 0.347 e. The fraction of sp³-hybridized carbons (Fsp3) is 0.120. The quantitative estimate of drug-likeness (QED) is 0.325. The Bertz CT molecular complexity index is 1160. The summed E-state index contributed by atoms with van der Waals surface area (Å²) in [5.74, 6) is 0.119. The van der Waals surface area contributed by atoms with Crippen molar-refractivity contribution in [3.05, 3.63) is 89.0 Å². The van der Waals surface area contributed by atoms with E-state index in [9.17, 15) is 9.59 Å². The highest BCUT2D eigenvalue weighted by Crippen LogP contribution is 2.40. The monoisotopic (exact) mass is 384 g/mol. The molecule has 0 N–H and O–H groups in total. The maximum absolute atomic E-state index is 12.5. The molecule has 0 atom stereocenters. The summed E-state index contributed by atoms with van der Waals surface area (Å²) in [5.41, 5.74) is 4.60. The van der Waals surface area contributed by atoms with E-state index in [4.69, 9.17) is 9.15 Å². The number of carbonyl (C=O) groups is 2. The largest absolute Gasteiger partial charge is 0.455 e. The second-order valence-electron chi connectivity index (χ2n) is 7.14. The molecule has 2 heterocycles. The van der Waals surface area contributed by atoms with E-state index in [1.54, 1.807) is 13.8 Å². The highest BCUT2D eigenvalue weighted by Gasteiger charge is 2.37. The topological polar surface area (TPSA) is 56.5 Å². The van der Waals surface area contributed by atoms with E-state index in [1.807, 2.05) is 73.7 Å². The molecule has 0 aliphatic carbocycles. The molecular weight excluding hydrogens is 364 g/mol. The lowest BCUT2D eigenvalue weighted by molar-refractivity contribution is -0.149. The summed E-state index contributed by atoms with van der Waals surface area (Å²) >= 11 is 0. The van der Waals surface area contributed by atoms with Crippen molar-refractivity contribution in [2.24, 2.45) is 0 Å². The molecule has 4 heteroatoms. The van der Waals surface area contributed by atoms with Crippen molar-refractivity contribution in [1.82, 2.24) is 0 Å². The van der Waals surface area contributed by atoms with Crippen LogP contribution < -0.4 is 0 Å². The van der Waals surface area contributed by atoms with Crippen molar-refractivity contribution in [3.63, 3.8) is 0 Å². The van der Waals surface area contributed by atoms with Crippen LogP contribution in [0.25, 0.3) is 28.2 Å². The summed E-state index contributed by atoms with van der Waals surface area (Å²) in [7, 11) is 0. The standard InChI is InChI=1S/C25H20O4/c1-15(2)21-22(25(27)29-24(21)26)16(3)19-14-20(17-10-6-4-7-11-17)28-23(19)18-12-8-5-9-13-18/h4-14H,1-3H3. The van der Waals surface area contributed by atoms with Gasteiger partial charge < -0.3 is 9.15 Å². The number of esters is 2. The van der Waals surface area contributed by atoms with Crippen LogP contribution in [0.15, 0.2) is 87.9 Å². The summed E-state index contributed by atoms with van der Waals surface area (Å²) in [6.07, 6.45) is 0. The Hall–Kier alpha value is -3.66. The predicted octanol–water partition coefficient (Wildman–Crippen LogP) is 5.81. The third-order valence-corrected chi connectivity index (χ3v) is 4.95. The first-order chi connectivity index (χ1) is 14.0. The molecule has 1 aliphatic rings. The van der Waals surface area contributed by atoms with Crippen LogP contribution in [0.2, 0.25) is 0 Å². The first-order valence-electron chi connectivity index (χ1n) is 9.37. The fourth-order valence-corrected chi connectivity index (χ4v) is 3.54. The minimum Gasteiger partial charge on any atom is -0.455 e. The zero-order valence-electron chi connectivity index (χ0n) is 16.5. The van der Waals surface area contributed by atoms with Gasteiger partial charge in [0.05, 0.1) is 11.1 Å². The lowest BCUT2D eigenvalue weighted by atomic mass is 9.93. The van der Waals surface area contributed by atoms with Gasteiger partial charge in [-0.25, -0.2) is 9.59 Å². The molecule has 0 amide bonds. The number of furan rings is 1. The average molecular weight is 384 g/mol. The van der Waals surface area contributed by atoms with Gasteiger partial charge in [0.1, 0.15) is 11.5 Å². The Morgan fingerprint density at radius 3 is 1.86 bits per heavy atom. The van der Waals surface area contributed by atoms with Crippen molar-refractivity contribution < 1.29 is 18.7 Å². The molecule has 0 radical (unpaired) electrons. The molecule has 29 heavy (non-hydrogen) atoms. The number of benzene rings is 2. The van der Waals surface area contributed by atoms with Gasteiger partial charge in [0.15, 0.2) is 0 Å². The second kappa shape index (κ2) is 7.40. The van der Waals surface area contributed by atoms with Crippen LogP contribution in [-0.4, -0.2) is 11.9 Å². The van der Waals surface area contributed by atoms with E-state index < -0.39 is 11.9 Å². The molecule has 0 spiro atoms. The third kappa shape index (κ3) is 3.34. The molecule has 2 aromatic carbocycles. The van der Waals surface area contributed by atoms with Crippen LogP contribution in [0.3, 0.4) is 0 Å². The Labute approximate surface area is 169 Å². The van der Waals surface area contributed by atoms with Gasteiger partial charge in [-0.05, 0) is 32.4 Å². The van der Waals surface area contributed by atoms with E-state index in [0.717, 1.165) is 22.3 Å². The molecule has 0 unspecified atom stereocenters. The normalized spacial score (nSPS) is 15.5. The number of ether oxygens (including phenoxy) is 1. The van der Waals surface area contributed by atoms with Crippen molar-refractivity contribution in [1.29, 1.82) is 0 Å². The van der Waals surface area contributed by atoms with Gasteiger partial charge in [-0.15, -0.1) is 0 Å². The molecule has 3 aromatic rings. The lowest BCUT2D eigenvalue weighted by Gasteiger charge is -2.06. The molecular formula is C25H20O4. The molecule has 1 fully saturated rings. The van der Waals surface area contributed by atoms with E-state index in [1.165, 1.54) is 0 Å². The first kappa shape index (κ1) is 18.7. The van der Waals surface area contributed by atoms with Crippen LogP contribution >= 0.6 is 0 Å². The van der Waals surface area contributed by atoms with E-state index in [2.05, 4.69) is 0 Å². The van der Waals surface area contributed by atoms with Gasteiger partial charge in [-0.3, -0.25) is 0 Å². The highest BCUT2D eigenvalue weighted by atomic mass is 16.6. The average Bonchev–Trinajstić information content (AvgIpc) is 3.30. The predicted molar refractivity (Wildman–Crippen MR) is 112 cm³/mol. The van der Waals surface area contributed by atoms with Crippen LogP contribution in [0.5, 0.6) is 0 Å². The molecule has 0 saturated carbocycles. The Balaban J connectivity index is 1.98. The van der Waals surface area contributed by atoms with Crippen LogP contribution in [0.1, 0.15) is 26.3 Å². The maximum atomic E-state index is 12.5. The van der Waals surface area contributed by atoms with Crippen LogP contribution in [0.4, 0.5) is 0 Å². The van der Waals surface area contributed by atoms with Gasteiger partial charge in [-0.1, -0.05) is 66.2 Å². The van der Waals surface area contributed by atoms with Gasteiger partial charge >= 0.3 is 11.9 Å². The van der Waals surface area contributed by atoms with Gasteiger partial charge in [0.2, 0.25) is 0 Å². The SMILES string of the molecule is CC(C)=C1C(=O)OC(=O)C1=C(C)c1cc(-c2ccccc2)oc1-c1ccccc1. The molecule has 1 saturated heterocycles. The fourth-order valence-electron chi connectivity index (χ4n) is 3.54. The summed E-state index contributed by atoms with van der Waals surface area (Å²) in [6, 6.07) is 21.4. The summed E-state index contributed by atoms with van der Waals surface area (Å²) in [4.78, 5) is 24.7. The minimum absolute atomic E-state index is 0.299. The first-order valence-corrected chi connectivity index (χ1v) is 9.37. The molecule has 4 nitrogen and oxygen atoms in total. The number of cyclic esters (lactones) is 2. The number of allylic oxidation sites excluding steroid dienone is 2. The van der Waals surface area contributed by atoms with Crippen LogP contribution in [0, 0.1) is 0 Å². The second-order valence-corrected chi connectivity index (χ2v) is 7.14. The number of hydrogen-bond donors (Lipinski definition) is 0. The Kier molecular flexibility index (Phi) is 4.77. The molecule has 1 aliphatic heterocycles. The van der Waals surface area contributed by atoms with Gasteiger partial charge in [0, 0.05) is 16.7 Å². The summed E-state index contributed by atoms with van der Waals surface area (Å²) in [5, 5.41) is 0. The van der Waals surface area contributed by atoms with Crippen molar-refractivity contribution in [3.8, 4) is 22.6 Å². The molecule has 1 aromatic heterocycles. The van der Waals surface area contributed by atoms with Crippen LogP contribution in [-0.2, 0) is 14.3 Å². The van der Waals surface area contributed by atoms with E-state index >= 15 is 0 Å². The molecule has 144 valence electrons. The zero-order chi connectivity index (χ0) is 20.5. The number of carbonyl (C=O) groups excluding carboxylic acids is 2. The minimum atomic E-state index is -0.620. The zero-order valence-corrected chi connectivity index (χ0v) is 16.5. The Morgan fingerprint density at radius 2 is 1.28 bits per heavy atom. The molecule has 4 rings (SSSR count). The number of rotatable bonds is 3. The van der Waals surface area contributed by atoms with E-state index in [0.29, 0.717) is 28.2 Å².